The number of allylic oxidation sites excluding steroid dienone is 2. The monoisotopic (exact) mass is 376 g/mol. The lowest BCUT2D eigenvalue weighted by Gasteiger charge is -2.41. The van der Waals surface area contributed by atoms with Crippen molar-refractivity contribution in [3.8, 4) is 0 Å². The van der Waals surface area contributed by atoms with Gasteiger partial charge in [0, 0.05) is 18.7 Å². The smallest absolute Gasteiger partial charge is 0.231 e. The fourth-order valence-corrected chi connectivity index (χ4v) is 6.72. The maximum Gasteiger partial charge on any atom is 0.231 e. The van der Waals surface area contributed by atoms with Crippen molar-refractivity contribution in [1.82, 2.24) is 9.88 Å². The molecule has 25 heavy (non-hydrogen) atoms. The number of carbonyl (C=O) groups excluding carboxylic acids is 1. The molecule has 1 saturated heterocycles. The Morgan fingerprint density at radius 2 is 1.96 bits per heavy atom. The van der Waals surface area contributed by atoms with Gasteiger partial charge in [-0.3, -0.25) is 4.79 Å². The number of thiazole rings is 1. The van der Waals surface area contributed by atoms with E-state index in [0.717, 1.165) is 4.70 Å². The normalized spacial score (nSPS) is 20.9. The molecule has 1 amide bonds. The molecule has 2 aliphatic heterocycles. The summed E-state index contributed by atoms with van der Waals surface area (Å²) in [5.74, 6) is 0.0305. The fourth-order valence-electron chi connectivity index (χ4n) is 3.68. The molecule has 1 aromatic heterocycles. The number of rotatable bonds is 2. The van der Waals surface area contributed by atoms with Gasteiger partial charge in [-0.1, -0.05) is 26.0 Å². The van der Waals surface area contributed by atoms with Crippen molar-refractivity contribution < 1.29 is 13.2 Å². The predicted octanol–water partition coefficient (Wildman–Crippen LogP) is 3.72. The van der Waals surface area contributed by atoms with Crippen molar-refractivity contribution in [1.29, 1.82) is 0 Å². The molecular formula is C18H20N2O3S2. The number of fused-ring (bicyclic) bond motifs is 2. The highest BCUT2D eigenvalue weighted by Gasteiger charge is 2.41. The number of sulfone groups is 1. The van der Waals surface area contributed by atoms with E-state index < -0.39 is 9.84 Å². The van der Waals surface area contributed by atoms with Gasteiger partial charge in [-0.25, -0.2) is 13.4 Å². The average molecular weight is 377 g/mol. The van der Waals surface area contributed by atoms with E-state index in [9.17, 15) is 13.2 Å². The van der Waals surface area contributed by atoms with Crippen LogP contribution in [0.25, 0.3) is 10.2 Å². The summed E-state index contributed by atoms with van der Waals surface area (Å²) < 4.78 is 27.6. The zero-order chi connectivity index (χ0) is 17.8. The number of benzene rings is 1. The lowest BCUT2D eigenvalue weighted by atomic mass is 9.79. The van der Waals surface area contributed by atoms with Gasteiger partial charge in [0.2, 0.25) is 20.1 Å². The molecule has 5 nitrogen and oxygen atoms in total. The van der Waals surface area contributed by atoms with Gasteiger partial charge in [-0.05, 0) is 36.8 Å². The van der Waals surface area contributed by atoms with Crippen molar-refractivity contribution in [3.63, 3.8) is 0 Å². The Morgan fingerprint density at radius 3 is 2.72 bits per heavy atom. The first kappa shape index (κ1) is 16.7. The topological polar surface area (TPSA) is 67.3 Å². The first-order valence-corrected chi connectivity index (χ1v) is 10.7. The highest BCUT2D eigenvalue weighted by atomic mass is 32.2. The van der Waals surface area contributed by atoms with E-state index in [2.05, 4.69) is 4.98 Å². The zero-order valence-electron chi connectivity index (χ0n) is 14.3. The van der Waals surface area contributed by atoms with Crippen LogP contribution in [0.3, 0.4) is 0 Å². The second-order valence-electron chi connectivity index (χ2n) is 7.49. The molecule has 0 N–H and O–H groups in total. The molecule has 1 fully saturated rings. The summed E-state index contributed by atoms with van der Waals surface area (Å²) in [5, 5.41) is 0. The Kier molecular flexibility index (Phi) is 3.77. The van der Waals surface area contributed by atoms with E-state index >= 15 is 0 Å². The molecule has 0 saturated carbocycles. The SMILES string of the molecule is CC1(C)CC(=O)N2CCCC(S(=O)(=O)c3nc4ccccc4s3)=C2C1. The van der Waals surface area contributed by atoms with Crippen molar-refractivity contribution >= 4 is 37.3 Å². The Bertz CT molecular complexity index is 969. The van der Waals surface area contributed by atoms with E-state index in [1.165, 1.54) is 11.3 Å². The third kappa shape index (κ3) is 2.79. The molecule has 4 rings (SSSR count). The van der Waals surface area contributed by atoms with Crippen molar-refractivity contribution in [2.75, 3.05) is 6.54 Å². The van der Waals surface area contributed by atoms with E-state index in [0.29, 0.717) is 48.3 Å². The van der Waals surface area contributed by atoms with Crippen LogP contribution in [0.15, 0.2) is 39.2 Å². The van der Waals surface area contributed by atoms with Gasteiger partial charge in [0.1, 0.15) is 0 Å². The molecule has 132 valence electrons. The van der Waals surface area contributed by atoms with Crippen LogP contribution in [-0.2, 0) is 14.6 Å². The van der Waals surface area contributed by atoms with Gasteiger partial charge in [0.05, 0.1) is 15.1 Å². The summed E-state index contributed by atoms with van der Waals surface area (Å²) in [6, 6.07) is 7.43. The first-order valence-electron chi connectivity index (χ1n) is 8.41. The van der Waals surface area contributed by atoms with Gasteiger partial charge in [-0.15, -0.1) is 11.3 Å². The maximum atomic E-state index is 13.3. The molecule has 0 radical (unpaired) electrons. The van der Waals surface area contributed by atoms with Gasteiger partial charge >= 0.3 is 0 Å². The molecule has 1 aromatic carbocycles. The second-order valence-corrected chi connectivity index (χ2v) is 10.7. The number of carbonyl (C=O) groups is 1. The van der Waals surface area contributed by atoms with Crippen LogP contribution in [0.2, 0.25) is 0 Å². The Morgan fingerprint density at radius 1 is 1.20 bits per heavy atom. The Labute approximate surface area is 151 Å². The zero-order valence-corrected chi connectivity index (χ0v) is 15.9. The standard InChI is InChI=1S/C18H20N2O3S2/c1-18(2)10-13-15(8-5-9-20(13)16(21)11-18)25(22,23)17-19-12-6-3-4-7-14(12)24-17/h3-4,6-7H,5,8-11H2,1-2H3. The van der Waals surface area contributed by atoms with Gasteiger partial charge in [0.25, 0.3) is 0 Å². The van der Waals surface area contributed by atoms with E-state index in [1.54, 1.807) is 4.90 Å². The van der Waals surface area contributed by atoms with Crippen molar-refractivity contribution in [2.24, 2.45) is 5.41 Å². The molecule has 2 aliphatic rings. The average Bonchev–Trinajstić information content (AvgIpc) is 2.98. The van der Waals surface area contributed by atoms with E-state index in [4.69, 9.17) is 0 Å². The first-order chi connectivity index (χ1) is 11.8. The molecule has 0 atom stereocenters. The number of hydrogen-bond acceptors (Lipinski definition) is 5. The minimum atomic E-state index is -3.67. The molecule has 0 spiro atoms. The number of para-hydroxylation sites is 1. The summed E-state index contributed by atoms with van der Waals surface area (Å²) in [6.07, 6.45) is 2.23. The minimum absolute atomic E-state index is 0.0305. The van der Waals surface area contributed by atoms with Crippen molar-refractivity contribution in [3.05, 3.63) is 34.9 Å². The number of nitrogens with zero attached hydrogens (tertiary/aromatic N) is 2. The summed E-state index contributed by atoms with van der Waals surface area (Å²) >= 11 is 1.20. The van der Waals surface area contributed by atoms with Crippen molar-refractivity contribution in [2.45, 2.75) is 43.9 Å². The summed E-state index contributed by atoms with van der Waals surface area (Å²) in [5.41, 5.74) is 1.17. The lowest BCUT2D eigenvalue weighted by Crippen LogP contribution is -2.43. The molecule has 3 heterocycles. The maximum absolute atomic E-state index is 13.3. The van der Waals surface area contributed by atoms with Crippen LogP contribution in [0.5, 0.6) is 0 Å². The second kappa shape index (κ2) is 5.64. The van der Waals surface area contributed by atoms with Crippen LogP contribution in [0.4, 0.5) is 0 Å². The molecule has 0 bridgehead atoms. The van der Waals surface area contributed by atoms with Gasteiger partial charge < -0.3 is 4.90 Å². The summed E-state index contributed by atoms with van der Waals surface area (Å²) in [6.45, 7) is 4.65. The number of aromatic nitrogens is 1. The highest BCUT2D eigenvalue weighted by molar-refractivity contribution is 7.97. The summed E-state index contributed by atoms with van der Waals surface area (Å²) in [7, 11) is -3.67. The van der Waals surface area contributed by atoms with E-state index in [1.807, 2.05) is 38.1 Å². The van der Waals surface area contributed by atoms with Crippen LogP contribution in [-0.4, -0.2) is 30.8 Å². The molecule has 0 aliphatic carbocycles. The van der Waals surface area contributed by atoms with E-state index in [-0.39, 0.29) is 15.7 Å². The van der Waals surface area contributed by atoms with Gasteiger partial charge in [0.15, 0.2) is 0 Å². The van der Waals surface area contributed by atoms with Crippen LogP contribution in [0.1, 0.15) is 39.5 Å². The van der Waals surface area contributed by atoms with Gasteiger partial charge in [-0.2, -0.15) is 0 Å². The third-order valence-corrected chi connectivity index (χ3v) is 8.22. The summed E-state index contributed by atoms with van der Waals surface area (Å²) in [4.78, 5) is 18.9. The van der Waals surface area contributed by atoms with Crippen LogP contribution in [0, 0.1) is 5.41 Å². The molecule has 7 heteroatoms. The Balaban J connectivity index is 1.86. The van der Waals surface area contributed by atoms with Crippen LogP contribution < -0.4 is 0 Å². The molecule has 0 unspecified atom stereocenters. The number of hydrogen-bond donors (Lipinski definition) is 0. The quantitative estimate of drug-likeness (QED) is 0.801. The lowest BCUT2D eigenvalue weighted by molar-refractivity contribution is -0.134. The number of piperidine rings is 1. The fraction of sp³-hybridized carbons (Fsp3) is 0.444. The van der Waals surface area contributed by atoms with Crippen LogP contribution >= 0.6 is 11.3 Å². The largest absolute Gasteiger partial charge is 0.315 e. The Hall–Kier alpha value is -1.73. The molecule has 2 aromatic rings. The minimum Gasteiger partial charge on any atom is -0.315 e. The molecular weight excluding hydrogens is 356 g/mol. The number of amides is 1. The highest BCUT2D eigenvalue weighted by Crippen LogP contribution is 2.43. The predicted molar refractivity (Wildman–Crippen MR) is 97.8 cm³/mol. The third-order valence-electron chi connectivity index (χ3n) is 4.84.